The summed E-state index contributed by atoms with van der Waals surface area (Å²) in [6.45, 7) is 0.466. The van der Waals surface area contributed by atoms with Crippen molar-refractivity contribution >= 4 is 11.6 Å². The highest BCUT2D eigenvalue weighted by Crippen LogP contribution is 2.12. The van der Waals surface area contributed by atoms with Crippen molar-refractivity contribution < 1.29 is 4.79 Å². The third-order valence-corrected chi connectivity index (χ3v) is 2.89. The summed E-state index contributed by atoms with van der Waals surface area (Å²) in [5, 5.41) is 0. The lowest BCUT2D eigenvalue weighted by Crippen LogP contribution is -2.28. The van der Waals surface area contributed by atoms with Gasteiger partial charge in [0.1, 0.15) is 11.5 Å². The molecule has 18 heavy (non-hydrogen) atoms. The molecule has 0 aromatic carbocycles. The lowest BCUT2D eigenvalue weighted by Gasteiger charge is -2.17. The third kappa shape index (κ3) is 2.22. The van der Waals surface area contributed by atoms with E-state index < -0.39 is 0 Å². The number of aromatic nitrogens is 3. The van der Waals surface area contributed by atoms with Crippen molar-refractivity contribution in [1.29, 1.82) is 0 Å². The van der Waals surface area contributed by atoms with Gasteiger partial charge in [0.2, 0.25) is 0 Å². The van der Waals surface area contributed by atoms with Crippen molar-refractivity contribution in [1.82, 2.24) is 19.0 Å². The Balaban J connectivity index is 2.14. The Morgan fingerprint density at radius 1 is 1.44 bits per heavy atom. The monoisotopic (exact) mass is 247 g/mol. The Bertz CT molecular complexity index is 569. The number of nitrogen functional groups attached to an aromatic ring is 1. The lowest BCUT2D eigenvalue weighted by atomic mass is 10.3. The van der Waals surface area contributed by atoms with Crippen LogP contribution in [-0.4, -0.2) is 32.0 Å². The van der Waals surface area contributed by atoms with Gasteiger partial charge in [-0.2, -0.15) is 0 Å². The smallest absolute Gasteiger partial charge is 0.270 e. The molecule has 0 bridgehead atoms. The minimum absolute atomic E-state index is 0.0720. The first-order valence-electron chi connectivity index (χ1n) is 5.62. The first-order chi connectivity index (χ1) is 8.49. The van der Waals surface area contributed by atoms with Crippen LogP contribution in [0.5, 0.6) is 0 Å². The van der Waals surface area contributed by atoms with E-state index in [2.05, 4.69) is 4.98 Å². The summed E-state index contributed by atoms with van der Waals surface area (Å²) in [5.41, 5.74) is 6.83. The maximum absolute atomic E-state index is 12.2. The average molecular weight is 247 g/mol. The number of rotatable bonds is 3. The Hall–Kier alpha value is -2.24. The lowest BCUT2D eigenvalue weighted by molar-refractivity contribution is 0.0771. The number of nitrogens with zero attached hydrogens (tertiary/aromatic N) is 4. The summed E-state index contributed by atoms with van der Waals surface area (Å²) in [7, 11) is 5.46. The quantitative estimate of drug-likeness (QED) is 0.864. The second-order valence-corrected chi connectivity index (χ2v) is 4.39. The fourth-order valence-electron chi connectivity index (χ4n) is 1.83. The molecule has 0 fully saturated rings. The Labute approximate surface area is 106 Å². The number of nitrogens with two attached hydrogens (primary N) is 1. The Morgan fingerprint density at radius 3 is 2.67 bits per heavy atom. The van der Waals surface area contributed by atoms with Crippen LogP contribution in [0, 0.1) is 0 Å². The van der Waals surface area contributed by atoms with Crippen molar-refractivity contribution in [2.24, 2.45) is 14.1 Å². The zero-order valence-corrected chi connectivity index (χ0v) is 10.8. The van der Waals surface area contributed by atoms with Crippen LogP contribution in [0.25, 0.3) is 0 Å². The molecule has 2 heterocycles. The Kier molecular flexibility index (Phi) is 3.10. The van der Waals surface area contributed by atoms with Gasteiger partial charge < -0.3 is 19.8 Å². The van der Waals surface area contributed by atoms with Gasteiger partial charge in [0.25, 0.3) is 5.91 Å². The third-order valence-electron chi connectivity index (χ3n) is 2.89. The second kappa shape index (κ2) is 4.56. The van der Waals surface area contributed by atoms with Crippen LogP contribution in [0.2, 0.25) is 0 Å². The topological polar surface area (TPSA) is 69.1 Å². The number of amides is 1. The fourth-order valence-corrected chi connectivity index (χ4v) is 1.83. The molecule has 6 heteroatoms. The molecule has 2 aromatic rings. The summed E-state index contributed by atoms with van der Waals surface area (Å²) >= 11 is 0. The summed E-state index contributed by atoms with van der Waals surface area (Å²) in [4.78, 5) is 18.0. The highest BCUT2D eigenvalue weighted by atomic mass is 16.2. The van der Waals surface area contributed by atoms with Crippen molar-refractivity contribution in [3.63, 3.8) is 0 Å². The summed E-state index contributed by atoms with van der Waals surface area (Å²) in [6.07, 6.45) is 5.30. The van der Waals surface area contributed by atoms with Crippen LogP contribution < -0.4 is 5.73 Å². The summed E-state index contributed by atoms with van der Waals surface area (Å²) in [6, 6.07) is 1.68. The summed E-state index contributed by atoms with van der Waals surface area (Å²) < 4.78 is 3.62. The Morgan fingerprint density at radius 2 is 2.17 bits per heavy atom. The van der Waals surface area contributed by atoms with E-state index in [0.29, 0.717) is 17.9 Å². The minimum atomic E-state index is -0.0720. The van der Waals surface area contributed by atoms with Gasteiger partial charge in [-0.05, 0) is 6.07 Å². The van der Waals surface area contributed by atoms with E-state index >= 15 is 0 Å². The number of hydrogen-bond donors (Lipinski definition) is 1. The van der Waals surface area contributed by atoms with Gasteiger partial charge in [-0.1, -0.05) is 0 Å². The molecule has 2 rings (SSSR count). The van der Waals surface area contributed by atoms with Crippen molar-refractivity contribution in [3.05, 3.63) is 36.2 Å². The molecular formula is C12H17N5O. The minimum Gasteiger partial charge on any atom is -0.397 e. The highest BCUT2D eigenvalue weighted by molar-refractivity contribution is 5.93. The van der Waals surface area contributed by atoms with Crippen LogP contribution in [0.1, 0.15) is 16.3 Å². The first kappa shape index (κ1) is 12.2. The zero-order valence-electron chi connectivity index (χ0n) is 10.8. The molecule has 2 aromatic heterocycles. The van der Waals surface area contributed by atoms with Crippen molar-refractivity contribution in [2.75, 3.05) is 12.8 Å². The van der Waals surface area contributed by atoms with Crippen LogP contribution in [0.4, 0.5) is 5.69 Å². The molecular weight excluding hydrogens is 230 g/mol. The molecule has 0 unspecified atom stereocenters. The van der Waals surface area contributed by atoms with Gasteiger partial charge in [0, 0.05) is 39.7 Å². The van der Waals surface area contributed by atoms with Gasteiger partial charge in [-0.15, -0.1) is 0 Å². The van der Waals surface area contributed by atoms with E-state index in [4.69, 9.17) is 5.73 Å². The van der Waals surface area contributed by atoms with E-state index in [1.54, 1.807) is 42.0 Å². The van der Waals surface area contributed by atoms with Gasteiger partial charge >= 0.3 is 0 Å². The molecule has 0 saturated carbocycles. The van der Waals surface area contributed by atoms with Crippen LogP contribution in [0.3, 0.4) is 0 Å². The van der Waals surface area contributed by atoms with Crippen LogP contribution >= 0.6 is 0 Å². The van der Waals surface area contributed by atoms with Gasteiger partial charge in [0.15, 0.2) is 0 Å². The standard InChI is InChI=1S/C12H17N5O/c1-15-5-4-14-11(15)8-17(3)12(18)10-6-9(13)7-16(10)2/h4-7H,8,13H2,1-3H3. The second-order valence-electron chi connectivity index (χ2n) is 4.39. The van der Waals surface area contributed by atoms with Crippen molar-refractivity contribution in [2.45, 2.75) is 6.54 Å². The van der Waals surface area contributed by atoms with E-state index in [0.717, 1.165) is 5.82 Å². The molecule has 0 aliphatic rings. The van der Waals surface area contributed by atoms with E-state index in [1.807, 2.05) is 17.8 Å². The molecule has 2 N–H and O–H groups in total. The molecule has 0 aliphatic carbocycles. The highest BCUT2D eigenvalue weighted by Gasteiger charge is 2.17. The molecule has 0 spiro atoms. The molecule has 1 amide bonds. The van der Waals surface area contributed by atoms with Gasteiger partial charge in [0.05, 0.1) is 12.2 Å². The average Bonchev–Trinajstić information content (AvgIpc) is 2.85. The van der Waals surface area contributed by atoms with E-state index in [-0.39, 0.29) is 5.91 Å². The molecule has 0 aliphatic heterocycles. The fraction of sp³-hybridized carbons (Fsp3) is 0.333. The maximum Gasteiger partial charge on any atom is 0.270 e. The first-order valence-corrected chi connectivity index (χ1v) is 5.62. The number of imidazole rings is 1. The number of hydrogen-bond acceptors (Lipinski definition) is 3. The summed E-state index contributed by atoms with van der Waals surface area (Å²) in [5.74, 6) is 0.769. The molecule has 0 atom stereocenters. The van der Waals surface area contributed by atoms with Crippen LogP contribution in [0.15, 0.2) is 24.7 Å². The van der Waals surface area contributed by atoms with Crippen molar-refractivity contribution in [3.8, 4) is 0 Å². The van der Waals surface area contributed by atoms with Gasteiger partial charge in [-0.25, -0.2) is 4.98 Å². The SMILES string of the molecule is CN(Cc1nccn1C)C(=O)c1cc(N)cn1C. The van der Waals surface area contributed by atoms with Crippen LogP contribution in [-0.2, 0) is 20.6 Å². The van der Waals surface area contributed by atoms with Gasteiger partial charge in [-0.3, -0.25) is 4.79 Å². The predicted octanol–water partition coefficient (Wildman–Crippen LogP) is 0.613. The zero-order chi connectivity index (χ0) is 13.3. The number of carbonyl (C=O) groups is 1. The number of aryl methyl sites for hydroxylation is 2. The maximum atomic E-state index is 12.2. The molecule has 96 valence electrons. The van der Waals surface area contributed by atoms with E-state index in [9.17, 15) is 4.79 Å². The van der Waals surface area contributed by atoms with E-state index in [1.165, 1.54) is 0 Å². The number of carbonyl (C=O) groups excluding carboxylic acids is 1. The molecule has 0 saturated heterocycles. The predicted molar refractivity (Wildman–Crippen MR) is 68.8 cm³/mol. The molecule has 6 nitrogen and oxygen atoms in total. The molecule has 0 radical (unpaired) electrons. The normalized spacial score (nSPS) is 10.6. The number of anilines is 1. The largest absolute Gasteiger partial charge is 0.397 e.